The first-order valence-corrected chi connectivity index (χ1v) is 22.6. The Labute approximate surface area is 407 Å². The fraction of sp³-hybridized carbons (Fsp3) is 0.868. The number of imide groups is 1. The quantitative estimate of drug-likeness (QED) is 0.0229. The first-order valence-electron chi connectivity index (χ1n) is 22.6. The van der Waals surface area contributed by atoms with Crippen molar-refractivity contribution in [3.05, 3.63) is 0 Å². The predicted molar refractivity (Wildman–Crippen MR) is 222 cm³/mol. The molecule has 5 fully saturated rings. The fourth-order valence-corrected chi connectivity index (χ4v) is 7.64. The van der Waals surface area contributed by atoms with Crippen LogP contribution in [0.25, 0.3) is 0 Å². The number of nitrogens with zero attached hydrogens (tertiary/aromatic N) is 2. The number of nitrogens with one attached hydrogen (secondary N) is 5. The highest BCUT2D eigenvalue weighted by Crippen LogP contribution is 2.31. The fourth-order valence-electron chi connectivity index (χ4n) is 7.64. The van der Waals surface area contributed by atoms with Gasteiger partial charge in [0, 0.05) is 25.9 Å². The van der Waals surface area contributed by atoms with Crippen molar-refractivity contribution in [1.29, 1.82) is 0 Å². The van der Waals surface area contributed by atoms with E-state index in [1.165, 1.54) is 6.92 Å². The minimum atomic E-state index is -1.99. The van der Waals surface area contributed by atoms with E-state index in [0.29, 0.717) is 5.06 Å². The number of hydrogen-bond donors (Lipinski definition) is 18. The van der Waals surface area contributed by atoms with Crippen molar-refractivity contribution in [2.75, 3.05) is 65.8 Å². The lowest BCUT2D eigenvalue weighted by molar-refractivity contribution is -0.366. The maximum Gasteiger partial charge on any atom is 0.259 e. The van der Waals surface area contributed by atoms with Crippen molar-refractivity contribution in [2.45, 2.75) is 143 Å². The van der Waals surface area contributed by atoms with E-state index in [9.17, 15) is 90.4 Å². The Morgan fingerprint density at radius 2 is 1.00 bits per heavy atom. The molecular formula is C38H65N7O27. The second kappa shape index (κ2) is 27.9. The third kappa shape index (κ3) is 15.6. The van der Waals surface area contributed by atoms with Crippen molar-refractivity contribution >= 4 is 29.5 Å². The van der Waals surface area contributed by atoms with Crippen LogP contribution in [0.2, 0.25) is 0 Å². The molecule has 20 atom stereocenters. The lowest BCUT2D eigenvalue weighted by atomic mass is 9.96. The smallest absolute Gasteiger partial charge is 0.259 e. The number of aliphatic hydroxyl groups is 13. The van der Waals surface area contributed by atoms with Crippen LogP contribution in [0.4, 0.5) is 0 Å². The molecule has 5 saturated heterocycles. The second-order valence-electron chi connectivity index (χ2n) is 17.1. The molecule has 5 amide bonds. The second-order valence-corrected chi connectivity index (χ2v) is 17.1. The van der Waals surface area contributed by atoms with Crippen molar-refractivity contribution in [3.8, 4) is 0 Å². The Hall–Kier alpha value is -3.45. The van der Waals surface area contributed by atoms with Crippen LogP contribution in [0.1, 0.15) is 19.8 Å². The predicted octanol–water partition coefficient (Wildman–Crippen LogP) is -13.0. The highest BCUT2D eigenvalue weighted by Gasteiger charge is 2.52. The molecule has 0 saturated carbocycles. The summed E-state index contributed by atoms with van der Waals surface area (Å²) in [5, 5.41) is 134. The van der Waals surface area contributed by atoms with Gasteiger partial charge in [-0.05, 0) is 6.92 Å². The van der Waals surface area contributed by atoms with E-state index in [-0.39, 0.29) is 32.5 Å². The van der Waals surface area contributed by atoms with Gasteiger partial charge in [0.1, 0.15) is 91.6 Å². The standard InChI is InChI=1S/C38H65N7O27/c1-14-23(53)27(57)30(60)35(67-14)64-6-4-39-41-18(48)8-44(10-20(50)43-72-45-21(51)2-3-22(45)52)9-19(49)42-40-5-7-65-37-33(63)34(71-38-32(62)29(59)25(55)16(12-47)69-38)26(56)17(70-37)13-66-36-31(61)28(58)24(54)15(11-46)68-36/h14-17,23-40,46-47,53-63H,2-13H2,1H3,(H,41,48)(H,42,49)(H,43,50)/t14-,15+,16+,17+,23+,24+,25+,26+,27+,28-,29-,30-,31-,32-,33-,34-,35+,36-,37-,38+/m0/s1. The van der Waals surface area contributed by atoms with Gasteiger partial charge in [0.15, 0.2) is 25.2 Å². The lowest BCUT2D eigenvalue weighted by Crippen LogP contribution is -2.65. The van der Waals surface area contributed by atoms with Gasteiger partial charge in [0.25, 0.3) is 17.7 Å². The zero-order chi connectivity index (χ0) is 53.0. The Bertz CT molecular complexity index is 1750. The summed E-state index contributed by atoms with van der Waals surface area (Å²) < 4.78 is 43.9. The SMILES string of the molecule is C[C@@H]1O[C@@H](OCCNNC(=O)CN(CC(=O)NNCCO[C@H]2O[C@H](CO[C@H]3O[C@H](CO)[C@@H](O)[C@H](O)[C@@H]3O)[C@@H](O)[C@H](O[C@H]3O[C@H](CO)[C@@H](O)[C@H](O)[C@@H]3O)[C@@H]2O)CC(=O)NON2C(=O)CCC2=O)[C@@H](O)[C@H](O)[C@@H]1O. The summed E-state index contributed by atoms with van der Waals surface area (Å²) in [5.41, 5.74) is 11.5. The van der Waals surface area contributed by atoms with Crippen molar-refractivity contribution < 1.29 is 133 Å². The number of carbonyl (C=O) groups is 5. The highest BCUT2D eigenvalue weighted by molar-refractivity contribution is 6.00. The van der Waals surface area contributed by atoms with E-state index in [0.717, 1.165) is 4.90 Å². The van der Waals surface area contributed by atoms with Gasteiger partial charge in [-0.1, -0.05) is 0 Å². The average Bonchev–Trinajstić information content (AvgIpc) is 3.67. The van der Waals surface area contributed by atoms with E-state index < -0.39 is 198 Å². The minimum absolute atomic E-state index is 0.0872. The molecule has 5 heterocycles. The lowest BCUT2D eigenvalue weighted by Gasteiger charge is -2.46. The van der Waals surface area contributed by atoms with Gasteiger partial charge in [-0.25, -0.2) is 16.3 Å². The maximum atomic E-state index is 13.0. The van der Waals surface area contributed by atoms with Gasteiger partial charge in [-0.3, -0.25) is 39.7 Å². The van der Waals surface area contributed by atoms with Crippen molar-refractivity contribution in [1.82, 2.24) is 37.1 Å². The Balaban J connectivity index is 1.14. The zero-order valence-corrected chi connectivity index (χ0v) is 38.5. The summed E-state index contributed by atoms with van der Waals surface area (Å²) in [7, 11) is 0. The third-order valence-corrected chi connectivity index (χ3v) is 11.7. The molecule has 0 aromatic rings. The average molecular weight is 1050 g/mol. The summed E-state index contributed by atoms with van der Waals surface area (Å²) in [5.74, 6) is -4.10. The Kier molecular flexibility index (Phi) is 23.0. The first kappa shape index (κ1) is 59.4. The molecular weight excluding hydrogens is 986 g/mol. The zero-order valence-electron chi connectivity index (χ0n) is 38.5. The van der Waals surface area contributed by atoms with Gasteiger partial charge in [0.2, 0.25) is 11.8 Å². The van der Waals surface area contributed by atoms with E-state index in [2.05, 4.69) is 21.7 Å². The van der Waals surface area contributed by atoms with Crippen LogP contribution in [0.5, 0.6) is 0 Å². The van der Waals surface area contributed by atoms with Crippen LogP contribution < -0.4 is 27.2 Å². The molecule has 0 aliphatic carbocycles. The summed E-state index contributed by atoms with van der Waals surface area (Å²) in [6.07, 6.45) is -33.5. The maximum absolute atomic E-state index is 13.0. The van der Waals surface area contributed by atoms with Gasteiger partial charge in [-0.2, -0.15) is 0 Å². The monoisotopic (exact) mass is 1050 g/mol. The Morgan fingerprint density at radius 1 is 0.556 bits per heavy atom. The molecule has 0 aromatic heterocycles. The number of amides is 5. The molecule has 0 unspecified atom stereocenters. The number of ether oxygens (including phenoxy) is 8. The molecule has 0 radical (unpaired) electrons. The van der Waals surface area contributed by atoms with Gasteiger partial charge in [0.05, 0.1) is 58.8 Å². The molecule has 5 aliphatic heterocycles. The molecule has 18 N–H and O–H groups in total. The highest BCUT2D eigenvalue weighted by atomic mass is 16.8. The molecule has 34 nitrogen and oxygen atoms in total. The Morgan fingerprint density at radius 3 is 1.53 bits per heavy atom. The van der Waals surface area contributed by atoms with Crippen LogP contribution in [-0.2, 0) is 66.8 Å². The van der Waals surface area contributed by atoms with Crippen LogP contribution in [-0.4, -0.2) is 294 Å². The van der Waals surface area contributed by atoms with E-state index >= 15 is 0 Å². The number of aliphatic hydroxyl groups excluding tert-OH is 13. The number of carbonyl (C=O) groups excluding carboxylic acids is 5. The molecule has 72 heavy (non-hydrogen) atoms. The molecule has 0 aromatic carbocycles. The van der Waals surface area contributed by atoms with Gasteiger partial charge >= 0.3 is 0 Å². The normalized spacial score (nSPS) is 38.5. The van der Waals surface area contributed by atoms with Crippen LogP contribution in [0.3, 0.4) is 0 Å². The van der Waals surface area contributed by atoms with E-state index in [4.69, 9.17) is 42.8 Å². The van der Waals surface area contributed by atoms with E-state index in [1.54, 1.807) is 0 Å². The number of hydroxylamine groups is 3. The molecule has 5 aliphatic rings. The molecule has 414 valence electrons. The molecule has 34 heteroatoms. The summed E-state index contributed by atoms with van der Waals surface area (Å²) in [6, 6.07) is 0. The molecule has 0 bridgehead atoms. The van der Waals surface area contributed by atoms with Gasteiger partial charge < -0.3 is 104 Å². The molecule has 5 rings (SSSR count). The number of hydrazine groups is 2. The molecule has 0 spiro atoms. The summed E-state index contributed by atoms with van der Waals surface area (Å²) in [6.45, 7) is -3.91. The van der Waals surface area contributed by atoms with Crippen molar-refractivity contribution in [2.24, 2.45) is 0 Å². The van der Waals surface area contributed by atoms with Gasteiger partial charge in [-0.15, -0.1) is 10.0 Å². The largest absolute Gasteiger partial charge is 0.394 e. The van der Waals surface area contributed by atoms with E-state index in [1.807, 2.05) is 5.48 Å². The number of hydrogen-bond acceptors (Lipinski definition) is 30. The van der Waals surface area contributed by atoms with Crippen molar-refractivity contribution in [3.63, 3.8) is 0 Å². The topological polar surface area (TPSA) is 498 Å². The van der Waals surface area contributed by atoms with Crippen LogP contribution >= 0.6 is 0 Å². The first-order chi connectivity index (χ1) is 34.2. The minimum Gasteiger partial charge on any atom is -0.394 e. The van der Waals surface area contributed by atoms with Crippen LogP contribution in [0, 0.1) is 0 Å². The summed E-state index contributed by atoms with van der Waals surface area (Å²) in [4.78, 5) is 68.2. The third-order valence-electron chi connectivity index (χ3n) is 11.7. The summed E-state index contributed by atoms with van der Waals surface area (Å²) >= 11 is 0. The van der Waals surface area contributed by atoms with Crippen LogP contribution in [0.15, 0.2) is 0 Å². The number of rotatable bonds is 25.